The third kappa shape index (κ3) is 4.79. The number of aromatic nitrogens is 3. The van der Waals surface area contributed by atoms with Gasteiger partial charge < -0.3 is 14.6 Å². The van der Waals surface area contributed by atoms with Crippen molar-refractivity contribution in [2.75, 3.05) is 32.8 Å². The van der Waals surface area contributed by atoms with Crippen LogP contribution in [0.5, 0.6) is 0 Å². The molecule has 2 saturated heterocycles. The Morgan fingerprint density at radius 1 is 1.16 bits per heavy atom. The highest BCUT2D eigenvalue weighted by molar-refractivity contribution is 5.72. The minimum atomic E-state index is -0.0370. The van der Waals surface area contributed by atoms with E-state index in [1.807, 2.05) is 6.92 Å². The largest absolute Gasteiger partial charge is 0.466 e. The number of carbonyl (C=O) groups is 1. The van der Waals surface area contributed by atoms with Crippen LogP contribution in [0, 0.1) is 11.8 Å². The Bertz CT molecular complexity index is 560. The Hall–Kier alpha value is -1.47. The van der Waals surface area contributed by atoms with Crippen molar-refractivity contribution in [1.29, 1.82) is 0 Å². The first-order valence-corrected chi connectivity index (χ1v) is 9.64. The number of nitrogens with zero attached hydrogens (tertiary/aromatic N) is 4. The number of esters is 1. The molecule has 25 heavy (non-hydrogen) atoms. The molecule has 2 aliphatic rings. The summed E-state index contributed by atoms with van der Waals surface area (Å²) in [4.78, 5) is 14.2. The molecule has 0 saturated carbocycles. The molecule has 0 radical (unpaired) electrons. The molecule has 0 amide bonds. The van der Waals surface area contributed by atoms with Gasteiger partial charge in [0.1, 0.15) is 11.6 Å². The number of carbonyl (C=O) groups excluding carboxylic acids is 1. The van der Waals surface area contributed by atoms with Gasteiger partial charge in [0.05, 0.1) is 19.1 Å². The van der Waals surface area contributed by atoms with Gasteiger partial charge >= 0.3 is 5.97 Å². The molecule has 0 aliphatic carbocycles. The summed E-state index contributed by atoms with van der Waals surface area (Å²) in [6.07, 6.45) is 5.22. The Labute approximate surface area is 150 Å². The average Bonchev–Trinajstić information content (AvgIpc) is 2.97. The standard InChI is InChI=1S/C18H31N5O2/c1-3-25-18(24)15-6-10-23(11-7-15)13-17-21-20-16(22(17)2)12-14-4-8-19-9-5-14/h14-15,19H,3-13H2,1-2H3. The number of rotatable bonds is 6. The van der Waals surface area contributed by atoms with Gasteiger partial charge in [0.25, 0.3) is 0 Å². The maximum atomic E-state index is 11.8. The van der Waals surface area contributed by atoms with E-state index in [4.69, 9.17) is 4.74 Å². The summed E-state index contributed by atoms with van der Waals surface area (Å²) in [5, 5.41) is 12.3. The molecule has 2 fully saturated rings. The molecule has 0 atom stereocenters. The smallest absolute Gasteiger partial charge is 0.309 e. The Balaban J connectivity index is 1.49. The van der Waals surface area contributed by atoms with E-state index >= 15 is 0 Å². The highest BCUT2D eigenvalue weighted by Gasteiger charge is 2.27. The molecule has 2 aliphatic heterocycles. The van der Waals surface area contributed by atoms with Crippen LogP contribution in [0.4, 0.5) is 0 Å². The summed E-state index contributed by atoms with van der Waals surface area (Å²) in [7, 11) is 2.08. The molecule has 0 spiro atoms. The van der Waals surface area contributed by atoms with E-state index in [9.17, 15) is 4.79 Å². The van der Waals surface area contributed by atoms with E-state index in [2.05, 4.69) is 32.0 Å². The van der Waals surface area contributed by atoms with Crippen LogP contribution in [0.3, 0.4) is 0 Å². The first kappa shape index (κ1) is 18.3. The van der Waals surface area contributed by atoms with Crippen molar-refractivity contribution in [3.05, 3.63) is 11.6 Å². The van der Waals surface area contributed by atoms with Crippen molar-refractivity contribution in [3.63, 3.8) is 0 Å². The topological polar surface area (TPSA) is 72.3 Å². The lowest BCUT2D eigenvalue weighted by Gasteiger charge is -2.30. The van der Waals surface area contributed by atoms with Crippen LogP contribution in [-0.4, -0.2) is 58.4 Å². The third-order valence-corrected chi connectivity index (χ3v) is 5.56. The molecule has 1 N–H and O–H groups in total. The minimum absolute atomic E-state index is 0.0370. The van der Waals surface area contributed by atoms with Gasteiger partial charge in [0.15, 0.2) is 0 Å². The summed E-state index contributed by atoms with van der Waals surface area (Å²) in [6.45, 7) is 7.21. The normalized spacial score (nSPS) is 20.7. The lowest BCUT2D eigenvalue weighted by Crippen LogP contribution is -2.37. The second-order valence-corrected chi connectivity index (χ2v) is 7.29. The van der Waals surface area contributed by atoms with Crippen LogP contribution < -0.4 is 5.32 Å². The van der Waals surface area contributed by atoms with Crippen LogP contribution in [0.2, 0.25) is 0 Å². The predicted octanol–water partition coefficient (Wildman–Crippen LogP) is 1.13. The summed E-state index contributed by atoms with van der Waals surface area (Å²) in [5.74, 6) is 2.87. The molecule has 0 aromatic carbocycles. The third-order valence-electron chi connectivity index (χ3n) is 5.56. The van der Waals surface area contributed by atoms with E-state index in [1.54, 1.807) is 0 Å². The van der Waals surface area contributed by atoms with Gasteiger partial charge in [0, 0.05) is 13.5 Å². The van der Waals surface area contributed by atoms with Crippen molar-refractivity contribution in [2.45, 2.75) is 45.6 Å². The van der Waals surface area contributed by atoms with E-state index < -0.39 is 0 Å². The molecule has 0 unspecified atom stereocenters. The van der Waals surface area contributed by atoms with Gasteiger partial charge in [-0.2, -0.15) is 0 Å². The maximum Gasteiger partial charge on any atom is 0.309 e. The minimum Gasteiger partial charge on any atom is -0.466 e. The van der Waals surface area contributed by atoms with Crippen LogP contribution in [0.25, 0.3) is 0 Å². The first-order valence-electron chi connectivity index (χ1n) is 9.64. The van der Waals surface area contributed by atoms with Crippen LogP contribution >= 0.6 is 0 Å². The SMILES string of the molecule is CCOC(=O)C1CCN(Cc2nnc(CC3CCNCC3)n2C)CC1. The van der Waals surface area contributed by atoms with Crippen LogP contribution in [0.15, 0.2) is 0 Å². The summed E-state index contributed by atoms with van der Waals surface area (Å²) in [5.41, 5.74) is 0. The Morgan fingerprint density at radius 3 is 2.52 bits per heavy atom. The van der Waals surface area contributed by atoms with Crippen molar-refractivity contribution >= 4 is 5.97 Å². The molecule has 140 valence electrons. The molecule has 1 aromatic rings. The zero-order valence-electron chi connectivity index (χ0n) is 15.5. The molecule has 3 heterocycles. The second-order valence-electron chi connectivity index (χ2n) is 7.29. The van der Waals surface area contributed by atoms with Gasteiger partial charge in [-0.25, -0.2) is 0 Å². The summed E-state index contributed by atoms with van der Waals surface area (Å²) < 4.78 is 7.31. The number of ether oxygens (including phenoxy) is 1. The molecule has 3 rings (SSSR count). The van der Waals surface area contributed by atoms with Crippen molar-refractivity contribution in [3.8, 4) is 0 Å². The first-order chi connectivity index (χ1) is 12.2. The van der Waals surface area contributed by atoms with Gasteiger partial charge in [-0.3, -0.25) is 9.69 Å². The van der Waals surface area contributed by atoms with E-state index in [1.165, 1.54) is 12.8 Å². The fraction of sp³-hybridized carbons (Fsp3) is 0.833. The summed E-state index contributed by atoms with van der Waals surface area (Å²) in [6, 6.07) is 0. The van der Waals surface area contributed by atoms with Crippen molar-refractivity contribution < 1.29 is 9.53 Å². The van der Waals surface area contributed by atoms with E-state index in [-0.39, 0.29) is 11.9 Å². The summed E-state index contributed by atoms with van der Waals surface area (Å²) >= 11 is 0. The van der Waals surface area contributed by atoms with Gasteiger partial charge in [-0.15, -0.1) is 10.2 Å². The Morgan fingerprint density at radius 2 is 1.84 bits per heavy atom. The molecule has 7 nitrogen and oxygen atoms in total. The van der Waals surface area contributed by atoms with E-state index in [0.717, 1.165) is 69.6 Å². The van der Waals surface area contributed by atoms with Gasteiger partial charge in [-0.05, 0) is 64.7 Å². The quantitative estimate of drug-likeness (QED) is 0.777. The zero-order valence-corrected chi connectivity index (χ0v) is 15.5. The maximum absolute atomic E-state index is 11.8. The van der Waals surface area contributed by atoms with Crippen LogP contribution in [-0.2, 0) is 29.5 Å². The monoisotopic (exact) mass is 349 g/mol. The van der Waals surface area contributed by atoms with Crippen molar-refractivity contribution in [1.82, 2.24) is 25.0 Å². The number of hydrogen-bond acceptors (Lipinski definition) is 6. The van der Waals surface area contributed by atoms with Crippen molar-refractivity contribution in [2.24, 2.45) is 18.9 Å². The molecule has 7 heteroatoms. The molecule has 1 aromatic heterocycles. The lowest BCUT2D eigenvalue weighted by atomic mass is 9.94. The highest BCUT2D eigenvalue weighted by Crippen LogP contribution is 2.21. The number of likely N-dealkylation sites (tertiary alicyclic amines) is 1. The average molecular weight is 349 g/mol. The number of piperidine rings is 2. The molecular weight excluding hydrogens is 318 g/mol. The molecular formula is C18H31N5O2. The lowest BCUT2D eigenvalue weighted by molar-refractivity contribution is -0.149. The van der Waals surface area contributed by atoms with Crippen LogP contribution in [0.1, 0.15) is 44.3 Å². The predicted molar refractivity (Wildman–Crippen MR) is 94.9 cm³/mol. The zero-order chi connectivity index (χ0) is 17.6. The highest BCUT2D eigenvalue weighted by atomic mass is 16.5. The fourth-order valence-electron chi connectivity index (χ4n) is 3.84. The molecule has 0 bridgehead atoms. The number of nitrogens with one attached hydrogen (secondary N) is 1. The fourth-order valence-corrected chi connectivity index (χ4v) is 3.84. The Kier molecular flexibility index (Phi) is 6.42. The van der Waals surface area contributed by atoms with Gasteiger partial charge in [-0.1, -0.05) is 0 Å². The van der Waals surface area contributed by atoms with E-state index in [0.29, 0.717) is 6.61 Å². The number of hydrogen-bond donors (Lipinski definition) is 1. The second kappa shape index (κ2) is 8.76. The van der Waals surface area contributed by atoms with Gasteiger partial charge in [0.2, 0.25) is 0 Å².